The smallest absolute Gasteiger partial charge is 0.252 e. The van der Waals surface area contributed by atoms with Crippen LogP contribution in [0.25, 0.3) is 5.78 Å². The highest BCUT2D eigenvalue weighted by Crippen LogP contribution is 2.20. The molecule has 0 saturated heterocycles. The van der Waals surface area contributed by atoms with E-state index in [1.165, 1.54) is 6.33 Å². The van der Waals surface area contributed by atoms with Gasteiger partial charge in [-0.1, -0.05) is 0 Å². The zero-order valence-electron chi connectivity index (χ0n) is 15.2. The molecule has 3 rings (SSSR count). The monoisotopic (exact) mass is 338 g/mol. The number of fused-ring (bicyclic) bond motifs is 1. The number of hydrogen-bond donors (Lipinski definition) is 1. The van der Waals surface area contributed by atoms with Gasteiger partial charge in [-0.05, 0) is 58.2 Å². The van der Waals surface area contributed by atoms with Crippen LogP contribution in [0.4, 0.5) is 5.69 Å². The van der Waals surface area contributed by atoms with Gasteiger partial charge in [0.1, 0.15) is 6.33 Å². The molecule has 3 aromatic heterocycles. The molecule has 0 aliphatic rings. The maximum atomic E-state index is 12.4. The van der Waals surface area contributed by atoms with Crippen molar-refractivity contribution in [1.82, 2.24) is 24.6 Å². The summed E-state index contributed by atoms with van der Waals surface area (Å²) in [5.41, 5.74) is 6.50. The summed E-state index contributed by atoms with van der Waals surface area (Å²) < 4.78 is 1.71. The highest BCUT2D eigenvalue weighted by Gasteiger charge is 2.14. The molecule has 0 atom stereocenters. The lowest BCUT2D eigenvalue weighted by molar-refractivity contribution is -0.116. The molecule has 3 aromatic rings. The molecule has 0 aliphatic carbocycles. The first-order valence-electron chi connectivity index (χ1n) is 8.27. The van der Waals surface area contributed by atoms with Crippen molar-refractivity contribution in [3.05, 3.63) is 46.3 Å². The second-order valence-electron chi connectivity index (χ2n) is 6.32. The molecular weight excluding hydrogens is 316 g/mol. The van der Waals surface area contributed by atoms with Gasteiger partial charge in [0.25, 0.3) is 5.78 Å². The van der Waals surface area contributed by atoms with Crippen LogP contribution in [0.5, 0.6) is 0 Å². The van der Waals surface area contributed by atoms with Gasteiger partial charge in [0.05, 0.1) is 11.4 Å². The van der Waals surface area contributed by atoms with Gasteiger partial charge in [-0.3, -0.25) is 9.78 Å². The molecule has 7 nitrogen and oxygen atoms in total. The van der Waals surface area contributed by atoms with Crippen LogP contribution in [0.3, 0.4) is 0 Å². The number of anilines is 1. The number of carbonyl (C=O) groups is 1. The van der Waals surface area contributed by atoms with E-state index in [1.807, 2.05) is 40.7 Å². The Kier molecular flexibility index (Phi) is 4.48. The maximum Gasteiger partial charge on any atom is 0.252 e. The summed E-state index contributed by atoms with van der Waals surface area (Å²) in [4.78, 5) is 25.4. The fourth-order valence-electron chi connectivity index (χ4n) is 3.17. The van der Waals surface area contributed by atoms with Crippen LogP contribution in [-0.4, -0.2) is 30.5 Å². The van der Waals surface area contributed by atoms with Crippen LogP contribution in [0, 0.1) is 34.6 Å². The Morgan fingerprint density at radius 3 is 2.60 bits per heavy atom. The number of hydrogen-bond acceptors (Lipinski definition) is 5. The predicted molar refractivity (Wildman–Crippen MR) is 95.7 cm³/mol. The summed E-state index contributed by atoms with van der Waals surface area (Å²) in [6.07, 6.45) is 2.46. The van der Waals surface area contributed by atoms with Gasteiger partial charge in [0.15, 0.2) is 0 Å². The number of pyridine rings is 1. The second-order valence-corrected chi connectivity index (χ2v) is 6.32. The van der Waals surface area contributed by atoms with Crippen molar-refractivity contribution in [3.63, 3.8) is 0 Å². The molecule has 130 valence electrons. The van der Waals surface area contributed by atoms with Crippen molar-refractivity contribution in [3.8, 4) is 0 Å². The van der Waals surface area contributed by atoms with Crippen LogP contribution in [0.1, 0.15) is 40.3 Å². The van der Waals surface area contributed by atoms with Gasteiger partial charge in [-0.25, -0.2) is 9.50 Å². The standard InChI is InChI=1S/C18H22N6O/c1-10-8-11(2)21-13(4)17(10)23-16(25)7-6-15-12(3)22-18-19-9-20-24(18)14(15)5/h8-9H,6-7H2,1-5H3,(H,23,25). The summed E-state index contributed by atoms with van der Waals surface area (Å²) in [6.45, 7) is 9.75. The lowest BCUT2D eigenvalue weighted by Crippen LogP contribution is -2.16. The number of aryl methyl sites for hydroxylation is 5. The number of carbonyl (C=O) groups excluding carboxylic acids is 1. The second kappa shape index (κ2) is 6.58. The van der Waals surface area contributed by atoms with Gasteiger partial charge in [0, 0.05) is 23.5 Å². The van der Waals surface area contributed by atoms with Crippen molar-refractivity contribution in [2.24, 2.45) is 0 Å². The van der Waals surface area contributed by atoms with Gasteiger partial charge in [-0.2, -0.15) is 10.1 Å². The molecule has 1 amide bonds. The summed E-state index contributed by atoms with van der Waals surface area (Å²) in [6, 6.07) is 1.97. The Balaban J connectivity index is 1.75. The molecule has 0 bridgehead atoms. The van der Waals surface area contributed by atoms with Crippen molar-refractivity contribution in [2.45, 2.75) is 47.5 Å². The lowest BCUT2D eigenvalue weighted by atomic mass is 10.1. The Labute approximate surface area is 146 Å². The zero-order valence-corrected chi connectivity index (χ0v) is 15.2. The topological polar surface area (TPSA) is 85.1 Å². The minimum atomic E-state index is -0.0330. The third-order valence-corrected chi connectivity index (χ3v) is 4.38. The van der Waals surface area contributed by atoms with Crippen molar-refractivity contribution < 1.29 is 4.79 Å². The van der Waals surface area contributed by atoms with Gasteiger partial charge < -0.3 is 5.32 Å². The number of nitrogens with zero attached hydrogens (tertiary/aromatic N) is 5. The normalized spacial score (nSPS) is 11.1. The fraction of sp³-hybridized carbons (Fsp3) is 0.389. The van der Waals surface area contributed by atoms with E-state index >= 15 is 0 Å². The van der Waals surface area contributed by atoms with Crippen LogP contribution < -0.4 is 5.32 Å². The van der Waals surface area contributed by atoms with E-state index in [4.69, 9.17) is 0 Å². The number of aromatic nitrogens is 5. The van der Waals surface area contributed by atoms with Gasteiger partial charge in [0.2, 0.25) is 5.91 Å². The molecule has 0 saturated carbocycles. The third-order valence-electron chi connectivity index (χ3n) is 4.38. The van der Waals surface area contributed by atoms with E-state index in [-0.39, 0.29) is 5.91 Å². The van der Waals surface area contributed by atoms with Crippen LogP contribution >= 0.6 is 0 Å². The largest absolute Gasteiger partial charge is 0.324 e. The summed E-state index contributed by atoms with van der Waals surface area (Å²) in [5, 5.41) is 7.17. The predicted octanol–water partition coefficient (Wildman–Crippen LogP) is 2.63. The van der Waals surface area contributed by atoms with Crippen molar-refractivity contribution in [1.29, 1.82) is 0 Å². The van der Waals surface area contributed by atoms with E-state index < -0.39 is 0 Å². The fourth-order valence-corrected chi connectivity index (χ4v) is 3.17. The number of rotatable bonds is 4. The average Bonchev–Trinajstić information content (AvgIpc) is 2.99. The SMILES string of the molecule is Cc1cc(C)c(NC(=O)CCc2c(C)nc3ncnn3c2C)c(C)n1. The molecule has 0 radical (unpaired) electrons. The highest BCUT2D eigenvalue weighted by molar-refractivity contribution is 5.92. The first-order valence-corrected chi connectivity index (χ1v) is 8.27. The number of amides is 1. The Morgan fingerprint density at radius 2 is 1.88 bits per heavy atom. The Hall–Kier alpha value is -2.83. The van der Waals surface area contributed by atoms with E-state index in [1.54, 1.807) is 4.52 Å². The van der Waals surface area contributed by atoms with E-state index in [2.05, 4.69) is 25.4 Å². The Bertz CT molecular complexity index is 937. The Morgan fingerprint density at radius 1 is 1.12 bits per heavy atom. The summed E-state index contributed by atoms with van der Waals surface area (Å²) >= 11 is 0. The molecule has 0 aliphatic heterocycles. The quantitative estimate of drug-likeness (QED) is 0.790. The van der Waals surface area contributed by atoms with Crippen LogP contribution in [0.2, 0.25) is 0 Å². The highest BCUT2D eigenvalue weighted by atomic mass is 16.1. The molecule has 0 spiro atoms. The molecular formula is C18H22N6O. The van der Waals surface area contributed by atoms with Crippen LogP contribution in [-0.2, 0) is 11.2 Å². The van der Waals surface area contributed by atoms with E-state index in [9.17, 15) is 4.79 Å². The molecule has 1 N–H and O–H groups in total. The molecule has 3 heterocycles. The third kappa shape index (κ3) is 3.35. The minimum Gasteiger partial charge on any atom is -0.324 e. The molecule has 0 unspecified atom stereocenters. The van der Waals surface area contributed by atoms with Gasteiger partial charge >= 0.3 is 0 Å². The molecule has 7 heteroatoms. The van der Waals surface area contributed by atoms with Crippen molar-refractivity contribution >= 4 is 17.4 Å². The van der Waals surface area contributed by atoms with Gasteiger partial charge in [-0.15, -0.1) is 0 Å². The van der Waals surface area contributed by atoms with E-state index in [0.29, 0.717) is 18.6 Å². The number of nitrogens with one attached hydrogen (secondary N) is 1. The zero-order chi connectivity index (χ0) is 18.1. The van der Waals surface area contributed by atoms with Crippen molar-refractivity contribution in [2.75, 3.05) is 5.32 Å². The molecule has 0 fully saturated rings. The summed E-state index contributed by atoms with van der Waals surface area (Å²) in [7, 11) is 0. The molecule has 25 heavy (non-hydrogen) atoms. The van der Waals surface area contributed by atoms with E-state index in [0.717, 1.165) is 39.6 Å². The average molecular weight is 338 g/mol. The first kappa shape index (κ1) is 17.0. The lowest BCUT2D eigenvalue weighted by Gasteiger charge is -2.13. The summed E-state index contributed by atoms with van der Waals surface area (Å²) in [5.74, 6) is 0.550. The molecule has 0 aromatic carbocycles. The van der Waals surface area contributed by atoms with Crippen LogP contribution in [0.15, 0.2) is 12.4 Å². The first-order chi connectivity index (χ1) is 11.9. The minimum absolute atomic E-state index is 0.0330. The maximum absolute atomic E-state index is 12.4.